The Labute approximate surface area is 161 Å². The number of likely N-dealkylation sites (N-methyl/N-ethyl adjacent to an activating group) is 1. The molecule has 144 valence electrons. The topological polar surface area (TPSA) is 53.0 Å². The summed E-state index contributed by atoms with van der Waals surface area (Å²) in [5.74, 6) is 0.995. The number of hydrogen-bond donors (Lipinski definition) is 1. The predicted octanol–water partition coefficient (Wildman–Crippen LogP) is 3.85. The summed E-state index contributed by atoms with van der Waals surface area (Å²) in [5.41, 5.74) is 1.18. The molecule has 0 radical (unpaired) electrons. The normalized spacial score (nSPS) is 15.8. The van der Waals surface area contributed by atoms with Crippen LogP contribution in [-0.2, 0) is 11.3 Å². The summed E-state index contributed by atoms with van der Waals surface area (Å²) in [6.07, 6.45) is 2.01. The summed E-state index contributed by atoms with van der Waals surface area (Å²) < 4.78 is 6.07. The van der Waals surface area contributed by atoms with Gasteiger partial charge in [-0.2, -0.15) is 0 Å². The molecule has 0 saturated carbocycles. The number of para-hydroxylation sites is 2. The summed E-state index contributed by atoms with van der Waals surface area (Å²) in [4.78, 5) is 15.5. The molecular formula is C22H28N2O3. The Morgan fingerprint density at radius 3 is 2.44 bits per heavy atom. The van der Waals surface area contributed by atoms with E-state index in [1.165, 1.54) is 5.56 Å². The standard InChI is InChI=1S/C22H28N2O3/c1-2-24(17-22(25)26)19-12-14-23(15-13-19)16-18-8-6-7-11-21(18)27-20-9-4-3-5-10-20/h3-11,19H,2,12-17H2,1H3,(H,25,26). The minimum atomic E-state index is -0.744. The van der Waals surface area contributed by atoms with Crippen molar-refractivity contribution >= 4 is 5.97 Å². The summed E-state index contributed by atoms with van der Waals surface area (Å²) in [6.45, 7) is 5.74. The average molecular weight is 368 g/mol. The quantitative estimate of drug-likeness (QED) is 0.767. The Morgan fingerprint density at radius 1 is 1.11 bits per heavy atom. The third-order valence-corrected chi connectivity index (χ3v) is 5.16. The first-order valence-corrected chi connectivity index (χ1v) is 9.64. The lowest BCUT2D eigenvalue weighted by molar-refractivity contribution is -0.139. The van der Waals surface area contributed by atoms with Crippen molar-refractivity contribution in [3.05, 3.63) is 60.2 Å². The number of carboxylic acid groups (broad SMARTS) is 1. The number of hydrogen-bond acceptors (Lipinski definition) is 4. The predicted molar refractivity (Wildman–Crippen MR) is 106 cm³/mol. The average Bonchev–Trinajstić information content (AvgIpc) is 2.69. The second kappa shape index (κ2) is 9.53. The van der Waals surface area contributed by atoms with Gasteiger partial charge in [0.1, 0.15) is 11.5 Å². The Balaban J connectivity index is 1.58. The van der Waals surface area contributed by atoms with Crippen LogP contribution in [-0.4, -0.2) is 53.1 Å². The highest BCUT2D eigenvalue weighted by Crippen LogP contribution is 2.27. The van der Waals surface area contributed by atoms with Crippen molar-refractivity contribution in [1.29, 1.82) is 0 Å². The van der Waals surface area contributed by atoms with Crippen molar-refractivity contribution < 1.29 is 14.6 Å². The molecule has 2 aromatic rings. The van der Waals surface area contributed by atoms with E-state index in [9.17, 15) is 4.79 Å². The van der Waals surface area contributed by atoms with Gasteiger partial charge in [-0.15, -0.1) is 0 Å². The molecule has 5 nitrogen and oxygen atoms in total. The number of benzene rings is 2. The van der Waals surface area contributed by atoms with Gasteiger partial charge in [-0.05, 0) is 50.7 Å². The third kappa shape index (κ3) is 5.55. The van der Waals surface area contributed by atoms with E-state index in [1.54, 1.807) is 0 Å². The van der Waals surface area contributed by atoms with E-state index < -0.39 is 5.97 Å². The molecule has 0 spiro atoms. The first kappa shape index (κ1) is 19.4. The van der Waals surface area contributed by atoms with Crippen LogP contribution in [0.4, 0.5) is 0 Å². The molecule has 1 fully saturated rings. The van der Waals surface area contributed by atoms with Crippen LogP contribution in [0.25, 0.3) is 0 Å². The van der Waals surface area contributed by atoms with Gasteiger partial charge in [0.15, 0.2) is 0 Å². The molecule has 1 heterocycles. The van der Waals surface area contributed by atoms with Crippen LogP contribution in [0.1, 0.15) is 25.3 Å². The van der Waals surface area contributed by atoms with E-state index in [-0.39, 0.29) is 6.54 Å². The second-order valence-electron chi connectivity index (χ2n) is 6.99. The maximum absolute atomic E-state index is 11.0. The van der Waals surface area contributed by atoms with E-state index in [4.69, 9.17) is 9.84 Å². The molecule has 0 aliphatic carbocycles. The number of carboxylic acids is 1. The van der Waals surface area contributed by atoms with Crippen molar-refractivity contribution in [2.75, 3.05) is 26.2 Å². The lowest BCUT2D eigenvalue weighted by Crippen LogP contribution is -2.46. The summed E-state index contributed by atoms with van der Waals surface area (Å²) in [6, 6.07) is 18.4. The van der Waals surface area contributed by atoms with Crippen LogP contribution < -0.4 is 4.74 Å². The van der Waals surface area contributed by atoms with Crippen LogP contribution in [0.15, 0.2) is 54.6 Å². The van der Waals surface area contributed by atoms with E-state index in [2.05, 4.69) is 15.9 Å². The molecular weight excluding hydrogens is 340 g/mol. The molecule has 0 aromatic heterocycles. The molecule has 0 bridgehead atoms. The van der Waals surface area contributed by atoms with E-state index in [0.717, 1.165) is 50.5 Å². The highest BCUT2D eigenvalue weighted by molar-refractivity contribution is 5.69. The van der Waals surface area contributed by atoms with Gasteiger partial charge in [-0.1, -0.05) is 43.3 Å². The zero-order valence-corrected chi connectivity index (χ0v) is 15.9. The van der Waals surface area contributed by atoms with Gasteiger partial charge in [-0.3, -0.25) is 14.6 Å². The first-order valence-electron chi connectivity index (χ1n) is 9.64. The van der Waals surface area contributed by atoms with Gasteiger partial charge in [0.05, 0.1) is 6.54 Å². The van der Waals surface area contributed by atoms with Crippen molar-refractivity contribution in [2.24, 2.45) is 0 Å². The van der Waals surface area contributed by atoms with E-state index in [1.807, 2.05) is 55.5 Å². The van der Waals surface area contributed by atoms with Crippen LogP contribution >= 0.6 is 0 Å². The molecule has 0 amide bonds. The number of piperidine rings is 1. The summed E-state index contributed by atoms with van der Waals surface area (Å²) in [7, 11) is 0. The fourth-order valence-corrected chi connectivity index (χ4v) is 3.71. The van der Waals surface area contributed by atoms with Gasteiger partial charge in [-0.25, -0.2) is 0 Å². The SMILES string of the molecule is CCN(CC(=O)O)C1CCN(Cc2ccccc2Oc2ccccc2)CC1. The number of likely N-dealkylation sites (tertiary alicyclic amines) is 1. The number of nitrogens with zero attached hydrogens (tertiary/aromatic N) is 2. The maximum Gasteiger partial charge on any atom is 0.317 e. The Hall–Kier alpha value is -2.37. The first-order chi connectivity index (χ1) is 13.2. The van der Waals surface area contributed by atoms with Crippen LogP contribution in [0.5, 0.6) is 11.5 Å². The number of ether oxygens (including phenoxy) is 1. The maximum atomic E-state index is 11.0. The molecule has 0 unspecified atom stereocenters. The van der Waals surface area contributed by atoms with Gasteiger partial charge >= 0.3 is 5.97 Å². The number of carbonyl (C=O) groups is 1. The largest absolute Gasteiger partial charge is 0.480 e. The minimum Gasteiger partial charge on any atom is -0.480 e. The highest BCUT2D eigenvalue weighted by atomic mass is 16.5. The summed E-state index contributed by atoms with van der Waals surface area (Å²) in [5, 5.41) is 9.08. The van der Waals surface area contributed by atoms with Gasteiger partial charge < -0.3 is 9.84 Å². The van der Waals surface area contributed by atoms with Crippen molar-refractivity contribution in [1.82, 2.24) is 9.80 Å². The lowest BCUT2D eigenvalue weighted by Gasteiger charge is -2.37. The zero-order chi connectivity index (χ0) is 19.1. The molecule has 0 atom stereocenters. The smallest absolute Gasteiger partial charge is 0.317 e. The fraction of sp³-hybridized carbons (Fsp3) is 0.409. The lowest BCUT2D eigenvalue weighted by atomic mass is 10.0. The van der Waals surface area contributed by atoms with Crippen LogP contribution in [0.2, 0.25) is 0 Å². The minimum absolute atomic E-state index is 0.134. The molecule has 3 rings (SSSR count). The van der Waals surface area contributed by atoms with E-state index in [0.29, 0.717) is 6.04 Å². The van der Waals surface area contributed by atoms with Crippen LogP contribution in [0, 0.1) is 0 Å². The Bertz CT molecular complexity index is 727. The zero-order valence-electron chi connectivity index (χ0n) is 15.9. The van der Waals surface area contributed by atoms with E-state index >= 15 is 0 Å². The van der Waals surface area contributed by atoms with Crippen molar-refractivity contribution in [3.8, 4) is 11.5 Å². The highest BCUT2D eigenvalue weighted by Gasteiger charge is 2.25. The molecule has 1 aliphatic heterocycles. The van der Waals surface area contributed by atoms with Crippen molar-refractivity contribution in [2.45, 2.75) is 32.4 Å². The Morgan fingerprint density at radius 2 is 1.78 bits per heavy atom. The molecule has 1 N–H and O–H groups in total. The van der Waals surface area contributed by atoms with Gasteiger partial charge in [0.25, 0.3) is 0 Å². The third-order valence-electron chi connectivity index (χ3n) is 5.16. The van der Waals surface area contributed by atoms with Crippen molar-refractivity contribution in [3.63, 3.8) is 0 Å². The molecule has 5 heteroatoms. The number of rotatable bonds is 8. The molecule has 1 aliphatic rings. The number of aliphatic carboxylic acids is 1. The van der Waals surface area contributed by atoms with Gasteiger partial charge in [0, 0.05) is 18.2 Å². The second-order valence-corrected chi connectivity index (χ2v) is 6.99. The fourth-order valence-electron chi connectivity index (χ4n) is 3.71. The van der Waals surface area contributed by atoms with Crippen LogP contribution in [0.3, 0.4) is 0 Å². The Kier molecular flexibility index (Phi) is 6.85. The van der Waals surface area contributed by atoms with Gasteiger partial charge in [0.2, 0.25) is 0 Å². The molecule has 27 heavy (non-hydrogen) atoms. The molecule has 1 saturated heterocycles. The monoisotopic (exact) mass is 368 g/mol. The summed E-state index contributed by atoms with van der Waals surface area (Å²) >= 11 is 0. The molecule has 2 aromatic carbocycles.